The van der Waals surface area contributed by atoms with Crippen LogP contribution in [0.15, 0.2) is 12.3 Å². The van der Waals surface area contributed by atoms with E-state index in [0.717, 1.165) is 50.0 Å². The molecule has 3 rings (SSSR count). The maximum absolute atomic E-state index is 5.63. The second-order valence-electron chi connectivity index (χ2n) is 6.11. The Morgan fingerprint density at radius 3 is 2.95 bits per heavy atom. The molecular formula is C16H24N2O3. The third-order valence-corrected chi connectivity index (χ3v) is 4.67. The second-order valence-corrected chi connectivity index (χ2v) is 6.11. The van der Waals surface area contributed by atoms with Crippen LogP contribution in [0.2, 0.25) is 0 Å². The molecule has 0 radical (unpaired) electrons. The van der Waals surface area contributed by atoms with Crippen LogP contribution in [-0.4, -0.2) is 50.4 Å². The molecule has 0 bridgehead atoms. The van der Waals surface area contributed by atoms with Gasteiger partial charge in [-0.1, -0.05) is 0 Å². The highest BCUT2D eigenvalue weighted by molar-refractivity contribution is 5.42. The van der Waals surface area contributed by atoms with Crippen molar-refractivity contribution in [3.63, 3.8) is 0 Å². The molecule has 0 saturated carbocycles. The largest absolute Gasteiger partial charge is 0.493 e. The number of hydrogen-bond donors (Lipinski definition) is 0. The van der Waals surface area contributed by atoms with Gasteiger partial charge >= 0.3 is 0 Å². The lowest BCUT2D eigenvalue weighted by Crippen LogP contribution is -2.43. The number of piperidine rings is 1. The third-order valence-electron chi connectivity index (χ3n) is 4.67. The van der Waals surface area contributed by atoms with Crippen molar-refractivity contribution in [3.8, 4) is 11.5 Å². The van der Waals surface area contributed by atoms with E-state index in [9.17, 15) is 0 Å². The normalized spacial score (nSPS) is 26.2. The highest BCUT2D eigenvalue weighted by Gasteiger charge is 2.39. The first-order valence-corrected chi connectivity index (χ1v) is 7.62. The van der Waals surface area contributed by atoms with Crippen LogP contribution in [0.1, 0.15) is 25.0 Å². The number of aromatic nitrogens is 1. The first-order chi connectivity index (χ1) is 10.3. The average Bonchev–Trinajstić information content (AvgIpc) is 2.94. The van der Waals surface area contributed by atoms with Gasteiger partial charge in [0.15, 0.2) is 11.5 Å². The Hall–Kier alpha value is -1.33. The minimum atomic E-state index is 0.365. The molecule has 0 unspecified atom stereocenters. The van der Waals surface area contributed by atoms with E-state index in [-0.39, 0.29) is 0 Å². The van der Waals surface area contributed by atoms with Crippen LogP contribution in [0.4, 0.5) is 0 Å². The van der Waals surface area contributed by atoms with Crippen molar-refractivity contribution in [1.82, 2.24) is 9.88 Å². The van der Waals surface area contributed by atoms with Gasteiger partial charge in [0.1, 0.15) is 5.69 Å². The van der Waals surface area contributed by atoms with Crippen molar-refractivity contribution in [2.45, 2.75) is 25.8 Å². The van der Waals surface area contributed by atoms with Crippen LogP contribution in [-0.2, 0) is 11.3 Å². The molecule has 5 nitrogen and oxygen atoms in total. The maximum Gasteiger partial charge on any atom is 0.183 e. The molecular weight excluding hydrogens is 268 g/mol. The summed E-state index contributed by atoms with van der Waals surface area (Å²) in [4.78, 5) is 6.96. The fraction of sp³-hybridized carbons (Fsp3) is 0.688. The Balaban J connectivity index is 1.74. The number of rotatable bonds is 4. The summed E-state index contributed by atoms with van der Waals surface area (Å²) < 4.78 is 16.5. The zero-order valence-corrected chi connectivity index (χ0v) is 12.9. The molecule has 2 fully saturated rings. The molecule has 1 aromatic heterocycles. The van der Waals surface area contributed by atoms with E-state index in [1.165, 1.54) is 19.3 Å². The molecule has 1 atom stereocenters. The first kappa shape index (κ1) is 14.6. The van der Waals surface area contributed by atoms with E-state index in [1.807, 2.05) is 6.07 Å². The van der Waals surface area contributed by atoms with Crippen molar-refractivity contribution < 1.29 is 14.2 Å². The van der Waals surface area contributed by atoms with Crippen molar-refractivity contribution in [1.29, 1.82) is 0 Å². The van der Waals surface area contributed by atoms with E-state index < -0.39 is 0 Å². The molecule has 2 aliphatic heterocycles. The van der Waals surface area contributed by atoms with Crippen LogP contribution < -0.4 is 9.47 Å². The van der Waals surface area contributed by atoms with Gasteiger partial charge in [-0.25, -0.2) is 0 Å². The Kier molecular flexibility index (Phi) is 4.31. The second kappa shape index (κ2) is 6.20. The zero-order chi connectivity index (χ0) is 14.7. The lowest BCUT2D eigenvalue weighted by atomic mass is 9.79. The number of hydrogen-bond acceptors (Lipinski definition) is 5. The molecule has 0 N–H and O–H groups in total. The first-order valence-electron chi connectivity index (χ1n) is 7.62. The van der Waals surface area contributed by atoms with Gasteiger partial charge in [0.05, 0.1) is 20.8 Å². The van der Waals surface area contributed by atoms with Crippen molar-refractivity contribution in [3.05, 3.63) is 18.0 Å². The van der Waals surface area contributed by atoms with Crippen molar-refractivity contribution >= 4 is 0 Å². The van der Waals surface area contributed by atoms with Gasteiger partial charge in [-0.2, -0.15) is 0 Å². The van der Waals surface area contributed by atoms with Crippen LogP contribution in [0, 0.1) is 5.41 Å². The highest BCUT2D eigenvalue weighted by Crippen LogP contribution is 2.38. The SMILES string of the molecule is COc1ccnc(CN2CCC[C@@]3(CCOC3)C2)c1OC. The van der Waals surface area contributed by atoms with E-state index in [4.69, 9.17) is 14.2 Å². The molecule has 5 heteroatoms. The molecule has 0 aromatic carbocycles. The molecule has 2 saturated heterocycles. The van der Waals surface area contributed by atoms with Gasteiger partial charge in [0.2, 0.25) is 0 Å². The summed E-state index contributed by atoms with van der Waals surface area (Å²) >= 11 is 0. The Bertz CT molecular complexity index is 486. The number of likely N-dealkylation sites (tertiary alicyclic amines) is 1. The lowest BCUT2D eigenvalue weighted by molar-refractivity contribution is 0.0633. The minimum Gasteiger partial charge on any atom is -0.493 e. The quantitative estimate of drug-likeness (QED) is 0.850. The van der Waals surface area contributed by atoms with Gasteiger partial charge in [-0.15, -0.1) is 0 Å². The molecule has 1 spiro atoms. The van der Waals surface area contributed by atoms with Crippen molar-refractivity contribution in [2.24, 2.45) is 5.41 Å². The highest BCUT2D eigenvalue weighted by atomic mass is 16.5. The number of pyridine rings is 1. The van der Waals surface area contributed by atoms with Gasteiger partial charge in [-0.05, 0) is 25.8 Å². The van der Waals surface area contributed by atoms with E-state index in [0.29, 0.717) is 5.41 Å². The fourth-order valence-electron chi connectivity index (χ4n) is 3.59. The fourth-order valence-corrected chi connectivity index (χ4v) is 3.59. The molecule has 2 aliphatic rings. The standard InChI is InChI=1S/C16H24N2O3/c1-19-14-4-7-17-13(15(14)20-2)10-18-8-3-5-16(11-18)6-9-21-12-16/h4,7H,3,5-6,8-12H2,1-2H3/t16-/m1/s1. The predicted octanol–water partition coefficient (Wildman–Crippen LogP) is 2.10. The summed E-state index contributed by atoms with van der Waals surface area (Å²) in [5, 5.41) is 0. The average molecular weight is 292 g/mol. The van der Waals surface area contributed by atoms with E-state index in [1.54, 1.807) is 20.4 Å². The van der Waals surface area contributed by atoms with Gasteiger partial charge in [0.25, 0.3) is 0 Å². The van der Waals surface area contributed by atoms with E-state index in [2.05, 4.69) is 9.88 Å². The van der Waals surface area contributed by atoms with Gasteiger partial charge in [-0.3, -0.25) is 9.88 Å². The van der Waals surface area contributed by atoms with Gasteiger partial charge < -0.3 is 14.2 Å². The van der Waals surface area contributed by atoms with Crippen LogP contribution in [0.3, 0.4) is 0 Å². The third kappa shape index (κ3) is 2.99. The summed E-state index contributed by atoms with van der Waals surface area (Å²) in [6.07, 6.45) is 5.49. The molecule has 0 amide bonds. The summed E-state index contributed by atoms with van der Waals surface area (Å²) in [6.45, 7) is 4.84. The summed E-state index contributed by atoms with van der Waals surface area (Å²) in [7, 11) is 3.33. The molecule has 3 heterocycles. The number of ether oxygens (including phenoxy) is 3. The lowest BCUT2D eigenvalue weighted by Gasteiger charge is -2.39. The predicted molar refractivity (Wildman–Crippen MR) is 79.7 cm³/mol. The summed E-state index contributed by atoms with van der Waals surface area (Å²) in [6, 6.07) is 1.84. The Labute approximate surface area is 126 Å². The number of nitrogens with zero attached hydrogens (tertiary/aromatic N) is 2. The van der Waals surface area contributed by atoms with E-state index >= 15 is 0 Å². The van der Waals surface area contributed by atoms with Crippen LogP contribution in [0.25, 0.3) is 0 Å². The molecule has 21 heavy (non-hydrogen) atoms. The van der Waals surface area contributed by atoms with Crippen LogP contribution >= 0.6 is 0 Å². The molecule has 0 aliphatic carbocycles. The summed E-state index contributed by atoms with van der Waals surface area (Å²) in [5.74, 6) is 1.50. The Morgan fingerprint density at radius 2 is 2.24 bits per heavy atom. The summed E-state index contributed by atoms with van der Waals surface area (Å²) in [5.41, 5.74) is 1.32. The minimum absolute atomic E-state index is 0.365. The zero-order valence-electron chi connectivity index (χ0n) is 12.9. The Morgan fingerprint density at radius 1 is 1.33 bits per heavy atom. The monoisotopic (exact) mass is 292 g/mol. The van der Waals surface area contributed by atoms with Crippen LogP contribution in [0.5, 0.6) is 11.5 Å². The smallest absolute Gasteiger partial charge is 0.183 e. The molecule has 1 aromatic rings. The van der Waals surface area contributed by atoms with Gasteiger partial charge in [0, 0.05) is 37.4 Å². The topological polar surface area (TPSA) is 43.8 Å². The molecule has 116 valence electrons. The number of methoxy groups -OCH3 is 2. The van der Waals surface area contributed by atoms with Crippen molar-refractivity contribution in [2.75, 3.05) is 40.5 Å². The maximum atomic E-state index is 5.63.